The van der Waals surface area contributed by atoms with Gasteiger partial charge in [0.05, 0.1) is 0 Å². The average Bonchev–Trinajstić information content (AvgIpc) is 2.32. The second-order valence-electron chi connectivity index (χ2n) is 6.26. The van der Waals surface area contributed by atoms with Crippen molar-refractivity contribution >= 4 is 0 Å². The molecule has 0 saturated carbocycles. The van der Waals surface area contributed by atoms with Gasteiger partial charge in [-0.3, -0.25) is 0 Å². The molecule has 0 heterocycles. The van der Waals surface area contributed by atoms with Gasteiger partial charge >= 0.3 is 0 Å². The fourth-order valence-electron chi connectivity index (χ4n) is 2.36. The molecule has 0 aliphatic heterocycles. The summed E-state index contributed by atoms with van der Waals surface area (Å²) < 4.78 is 0. The third-order valence-electron chi connectivity index (χ3n) is 3.64. The van der Waals surface area contributed by atoms with Crippen LogP contribution in [0.3, 0.4) is 0 Å². The number of unbranched alkanes of at least 4 members (excludes halogenated alkanes) is 6. The molecule has 0 aromatic heterocycles. The molecule has 0 aromatic carbocycles. The predicted octanol–water partition coefficient (Wildman–Crippen LogP) is 6.76. The highest BCUT2D eigenvalue weighted by molar-refractivity contribution is 4.83. The van der Waals surface area contributed by atoms with Crippen molar-refractivity contribution in [1.29, 1.82) is 0 Å². The molecule has 18 heavy (non-hydrogen) atoms. The topological polar surface area (TPSA) is 0 Å². The van der Waals surface area contributed by atoms with Gasteiger partial charge in [-0.1, -0.05) is 91.2 Å². The lowest BCUT2D eigenvalue weighted by molar-refractivity contribution is 0.438. The Balaban J connectivity index is 3.19. The zero-order valence-corrected chi connectivity index (χ0v) is 13.4. The molecule has 0 N–H and O–H groups in total. The van der Waals surface area contributed by atoms with Crippen molar-refractivity contribution in [2.75, 3.05) is 0 Å². The van der Waals surface area contributed by atoms with Crippen LogP contribution < -0.4 is 0 Å². The Bertz CT molecular complexity index is 178. The van der Waals surface area contributed by atoms with Gasteiger partial charge in [0.1, 0.15) is 0 Å². The van der Waals surface area contributed by atoms with Crippen LogP contribution in [0.5, 0.6) is 0 Å². The molecule has 108 valence electrons. The second-order valence-corrected chi connectivity index (χ2v) is 6.26. The van der Waals surface area contributed by atoms with E-state index in [1.54, 1.807) is 0 Å². The van der Waals surface area contributed by atoms with Gasteiger partial charge in [-0.05, 0) is 24.7 Å². The Morgan fingerprint density at radius 1 is 0.778 bits per heavy atom. The Morgan fingerprint density at radius 3 is 2.00 bits per heavy atom. The molecule has 0 bridgehead atoms. The number of hydrogen-bond acceptors (Lipinski definition) is 0. The normalized spacial score (nSPS) is 13.6. The largest absolute Gasteiger partial charge is 0.0883 e. The molecule has 0 fully saturated rings. The van der Waals surface area contributed by atoms with Gasteiger partial charge in [-0.2, -0.15) is 0 Å². The molecule has 0 aromatic rings. The quantitative estimate of drug-likeness (QED) is 0.266. The van der Waals surface area contributed by atoms with Gasteiger partial charge in [0.15, 0.2) is 0 Å². The SMILES string of the molecule is CCCCCC(C)CCCCCCC=CC(C)C. The summed E-state index contributed by atoms with van der Waals surface area (Å²) in [6.07, 6.45) is 18.8. The minimum atomic E-state index is 0.717. The van der Waals surface area contributed by atoms with Gasteiger partial charge in [0.2, 0.25) is 0 Å². The number of hydrogen-bond donors (Lipinski definition) is 0. The van der Waals surface area contributed by atoms with E-state index in [4.69, 9.17) is 0 Å². The highest BCUT2D eigenvalue weighted by Gasteiger charge is 2.01. The molecule has 0 saturated heterocycles. The van der Waals surface area contributed by atoms with Crippen LogP contribution in [0.1, 0.15) is 91.9 Å². The maximum absolute atomic E-state index is 2.43. The molecule has 1 unspecified atom stereocenters. The lowest BCUT2D eigenvalue weighted by Crippen LogP contribution is -1.94. The Hall–Kier alpha value is -0.260. The predicted molar refractivity (Wildman–Crippen MR) is 85.0 cm³/mol. The molecule has 0 aliphatic carbocycles. The molecular weight excluding hydrogens is 216 g/mol. The molecule has 0 spiro atoms. The van der Waals surface area contributed by atoms with Crippen LogP contribution in [0, 0.1) is 11.8 Å². The minimum Gasteiger partial charge on any atom is -0.0883 e. The first-order chi connectivity index (χ1) is 8.66. The summed E-state index contributed by atoms with van der Waals surface area (Å²) in [6.45, 7) is 9.21. The van der Waals surface area contributed by atoms with E-state index in [0.29, 0.717) is 5.92 Å². The van der Waals surface area contributed by atoms with Gasteiger partial charge in [0.25, 0.3) is 0 Å². The number of rotatable bonds is 12. The van der Waals surface area contributed by atoms with Crippen LogP contribution in [0.15, 0.2) is 12.2 Å². The zero-order chi connectivity index (χ0) is 13.6. The fourth-order valence-corrected chi connectivity index (χ4v) is 2.36. The third kappa shape index (κ3) is 13.8. The van der Waals surface area contributed by atoms with E-state index in [9.17, 15) is 0 Å². The Morgan fingerprint density at radius 2 is 1.39 bits per heavy atom. The van der Waals surface area contributed by atoms with Crippen LogP contribution >= 0.6 is 0 Å². The first-order valence-electron chi connectivity index (χ1n) is 8.33. The van der Waals surface area contributed by atoms with Crippen molar-refractivity contribution in [3.8, 4) is 0 Å². The van der Waals surface area contributed by atoms with E-state index in [1.165, 1.54) is 64.2 Å². The van der Waals surface area contributed by atoms with Crippen LogP contribution in [0.2, 0.25) is 0 Å². The molecule has 1 atom stereocenters. The van der Waals surface area contributed by atoms with E-state index in [2.05, 4.69) is 39.8 Å². The maximum Gasteiger partial charge on any atom is -0.0290 e. The highest BCUT2D eigenvalue weighted by Crippen LogP contribution is 2.17. The summed E-state index contributed by atoms with van der Waals surface area (Å²) in [6, 6.07) is 0. The standard InChI is InChI=1S/C18H36/c1-5-6-11-15-18(4)16-13-10-8-7-9-12-14-17(2)3/h12,14,17-18H,5-11,13,15-16H2,1-4H3. The van der Waals surface area contributed by atoms with Crippen molar-refractivity contribution in [1.82, 2.24) is 0 Å². The van der Waals surface area contributed by atoms with Crippen LogP contribution in [0.4, 0.5) is 0 Å². The van der Waals surface area contributed by atoms with Crippen molar-refractivity contribution < 1.29 is 0 Å². The lowest BCUT2D eigenvalue weighted by Gasteiger charge is -2.10. The molecule has 0 heteroatoms. The molecule has 0 rings (SSSR count). The Labute approximate surface area is 116 Å². The van der Waals surface area contributed by atoms with Gasteiger partial charge in [-0.15, -0.1) is 0 Å². The summed E-state index contributed by atoms with van der Waals surface area (Å²) in [5.41, 5.74) is 0. The molecule has 0 nitrogen and oxygen atoms in total. The first kappa shape index (κ1) is 17.7. The average molecular weight is 252 g/mol. The second kappa shape index (κ2) is 13.2. The summed E-state index contributed by atoms with van der Waals surface area (Å²) in [5.74, 6) is 1.67. The zero-order valence-electron chi connectivity index (χ0n) is 13.4. The minimum absolute atomic E-state index is 0.717. The van der Waals surface area contributed by atoms with Gasteiger partial charge < -0.3 is 0 Å². The van der Waals surface area contributed by atoms with Crippen molar-refractivity contribution in [2.45, 2.75) is 91.9 Å². The van der Waals surface area contributed by atoms with Crippen molar-refractivity contribution in [2.24, 2.45) is 11.8 Å². The fraction of sp³-hybridized carbons (Fsp3) is 0.889. The van der Waals surface area contributed by atoms with E-state index in [1.807, 2.05) is 0 Å². The van der Waals surface area contributed by atoms with Gasteiger partial charge in [0, 0.05) is 0 Å². The molecule has 0 radical (unpaired) electrons. The van der Waals surface area contributed by atoms with Crippen LogP contribution in [-0.2, 0) is 0 Å². The van der Waals surface area contributed by atoms with E-state index < -0.39 is 0 Å². The molecule has 0 amide bonds. The van der Waals surface area contributed by atoms with Crippen LogP contribution in [-0.4, -0.2) is 0 Å². The molecular formula is C18H36. The van der Waals surface area contributed by atoms with E-state index in [-0.39, 0.29) is 0 Å². The number of allylic oxidation sites excluding steroid dienone is 2. The van der Waals surface area contributed by atoms with Crippen molar-refractivity contribution in [3.05, 3.63) is 12.2 Å². The first-order valence-corrected chi connectivity index (χ1v) is 8.33. The highest BCUT2D eigenvalue weighted by atomic mass is 14.1. The summed E-state index contributed by atoms with van der Waals surface area (Å²) >= 11 is 0. The Kier molecular flexibility index (Phi) is 13.0. The van der Waals surface area contributed by atoms with E-state index in [0.717, 1.165) is 5.92 Å². The lowest BCUT2D eigenvalue weighted by atomic mass is 9.96. The van der Waals surface area contributed by atoms with Crippen molar-refractivity contribution in [3.63, 3.8) is 0 Å². The summed E-state index contributed by atoms with van der Waals surface area (Å²) in [7, 11) is 0. The third-order valence-corrected chi connectivity index (χ3v) is 3.64. The molecule has 0 aliphatic rings. The summed E-state index contributed by atoms with van der Waals surface area (Å²) in [5, 5.41) is 0. The monoisotopic (exact) mass is 252 g/mol. The maximum atomic E-state index is 2.43. The smallest absolute Gasteiger partial charge is 0.0290 e. The summed E-state index contributed by atoms with van der Waals surface area (Å²) in [4.78, 5) is 0. The van der Waals surface area contributed by atoms with Gasteiger partial charge in [-0.25, -0.2) is 0 Å². The van der Waals surface area contributed by atoms with Crippen LogP contribution in [0.25, 0.3) is 0 Å². The van der Waals surface area contributed by atoms with E-state index >= 15 is 0 Å².